The van der Waals surface area contributed by atoms with Crippen LogP contribution in [0.25, 0.3) is 0 Å². The summed E-state index contributed by atoms with van der Waals surface area (Å²) >= 11 is 5.96. The molecule has 0 spiro atoms. The average molecular weight is 285 g/mol. The molecule has 2 atom stereocenters. The minimum atomic E-state index is -0.990. The molecule has 19 heavy (non-hydrogen) atoms. The number of halogens is 1. The summed E-state index contributed by atoms with van der Waals surface area (Å²) in [6, 6.07) is 1.03. The molecule has 1 aromatic heterocycles. The lowest BCUT2D eigenvalue weighted by Gasteiger charge is -2.16. The molecule has 1 aromatic rings. The SMILES string of the molecule is Cc1cc(Cl)c(C(=O)NC2COCC2C(=O)O)cn1. The van der Waals surface area contributed by atoms with Gasteiger partial charge in [-0.1, -0.05) is 11.6 Å². The fourth-order valence-electron chi connectivity index (χ4n) is 1.88. The van der Waals surface area contributed by atoms with Gasteiger partial charge in [0.1, 0.15) is 5.92 Å². The molecule has 0 radical (unpaired) electrons. The molecular weight excluding hydrogens is 272 g/mol. The number of carboxylic acid groups (broad SMARTS) is 1. The third kappa shape index (κ3) is 3.02. The van der Waals surface area contributed by atoms with Crippen LogP contribution in [-0.4, -0.2) is 41.2 Å². The van der Waals surface area contributed by atoms with Crippen molar-refractivity contribution < 1.29 is 19.4 Å². The van der Waals surface area contributed by atoms with Crippen molar-refractivity contribution in [1.29, 1.82) is 0 Å². The summed E-state index contributed by atoms with van der Waals surface area (Å²) in [6.07, 6.45) is 1.37. The van der Waals surface area contributed by atoms with Crippen LogP contribution in [0.3, 0.4) is 0 Å². The second-order valence-electron chi connectivity index (χ2n) is 4.37. The number of rotatable bonds is 3. The van der Waals surface area contributed by atoms with Crippen molar-refractivity contribution in [3.8, 4) is 0 Å². The fourth-order valence-corrected chi connectivity index (χ4v) is 2.17. The highest BCUT2D eigenvalue weighted by atomic mass is 35.5. The van der Waals surface area contributed by atoms with Gasteiger partial charge >= 0.3 is 5.97 Å². The van der Waals surface area contributed by atoms with Crippen LogP contribution >= 0.6 is 11.6 Å². The lowest BCUT2D eigenvalue weighted by molar-refractivity contribution is -0.142. The number of amides is 1. The summed E-state index contributed by atoms with van der Waals surface area (Å²) in [7, 11) is 0. The summed E-state index contributed by atoms with van der Waals surface area (Å²) in [5.74, 6) is -2.17. The zero-order chi connectivity index (χ0) is 14.0. The highest BCUT2D eigenvalue weighted by molar-refractivity contribution is 6.33. The number of ether oxygens (including phenoxy) is 1. The van der Waals surface area contributed by atoms with Gasteiger partial charge in [-0.05, 0) is 13.0 Å². The Kier molecular flexibility index (Phi) is 4.01. The number of aryl methyl sites for hydroxylation is 1. The number of carboxylic acids is 1. The van der Waals surface area contributed by atoms with E-state index in [1.54, 1.807) is 13.0 Å². The van der Waals surface area contributed by atoms with Crippen LogP contribution in [0.5, 0.6) is 0 Å². The highest BCUT2D eigenvalue weighted by Crippen LogP contribution is 2.18. The smallest absolute Gasteiger partial charge is 0.311 e. The van der Waals surface area contributed by atoms with Crippen LogP contribution in [0.15, 0.2) is 12.3 Å². The second-order valence-corrected chi connectivity index (χ2v) is 4.77. The number of hydrogen-bond acceptors (Lipinski definition) is 4. The van der Waals surface area contributed by atoms with E-state index in [2.05, 4.69) is 10.3 Å². The molecule has 1 aliphatic heterocycles. The number of carbonyl (C=O) groups excluding carboxylic acids is 1. The van der Waals surface area contributed by atoms with E-state index >= 15 is 0 Å². The van der Waals surface area contributed by atoms with Crippen LogP contribution in [0, 0.1) is 12.8 Å². The molecule has 6 nitrogen and oxygen atoms in total. The standard InChI is InChI=1S/C12H13ClN2O4/c1-6-2-9(13)7(3-14-6)11(16)15-10-5-19-4-8(10)12(17)18/h2-3,8,10H,4-5H2,1H3,(H,15,16)(H,17,18). The van der Waals surface area contributed by atoms with E-state index < -0.39 is 23.8 Å². The first-order valence-electron chi connectivity index (χ1n) is 5.72. The van der Waals surface area contributed by atoms with E-state index in [-0.39, 0.29) is 23.8 Å². The van der Waals surface area contributed by atoms with Crippen LogP contribution < -0.4 is 5.32 Å². The molecule has 7 heteroatoms. The molecule has 1 amide bonds. The first-order chi connectivity index (χ1) is 8.99. The van der Waals surface area contributed by atoms with E-state index in [0.29, 0.717) is 5.69 Å². The average Bonchev–Trinajstić information content (AvgIpc) is 2.76. The van der Waals surface area contributed by atoms with Crippen molar-refractivity contribution in [2.24, 2.45) is 5.92 Å². The minimum Gasteiger partial charge on any atom is -0.481 e. The maximum absolute atomic E-state index is 12.0. The van der Waals surface area contributed by atoms with Gasteiger partial charge in [-0.2, -0.15) is 0 Å². The zero-order valence-corrected chi connectivity index (χ0v) is 11.0. The topological polar surface area (TPSA) is 88.5 Å². The molecule has 0 aromatic carbocycles. The number of carbonyl (C=O) groups is 2. The molecular formula is C12H13ClN2O4. The molecule has 0 saturated carbocycles. The van der Waals surface area contributed by atoms with Crippen LogP contribution in [0.2, 0.25) is 5.02 Å². The Morgan fingerprint density at radius 2 is 2.26 bits per heavy atom. The van der Waals surface area contributed by atoms with E-state index in [1.807, 2.05) is 0 Å². The van der Waals surface area contributed by atoms with E-state index in [9.17, 15) is 9.59 Å². The van der Waals surface area contributed by atoms with Crippen molar-refractivity contribution >= 4 is 23.5 Å². The van der Waals surface area contributed by atoms with E-state index in [4.69, 9.17) is 21.4 Å². The predicted molar refractivity (Wildman–Crippen MR) is 67.2 cm³/mol. The first kappa shape index (κ1) is 13.8. The maximum Gasteiger partial charge on any atom is 0.311 e. The second kappa shape index (κ2) is 5.54. The van der Waals surface area contributed by atoms with E-state index in [0.717, 1.165) is 0 Å². The highest BCUT2D eigenvalue weighted by Gasteiger charge is 2.35. The number of pyridine rings is 1. The third-order valence-corrected chi connectivity index (χ3v) is 3.26. The Hall–Kier alpha value is -1.66. The van der Waals surface area contributed by atoms with Crippen LogP contribution in [0.1, 0.15) is 16.1 Å². The Bertz CT molecular complexity index is 520. The monoisotopic (exact) mass is 284 g/mol. The summed E-state index contributed by atoms with van der Waals surface area (Å²) in [5, 5.41) is 11.9. The largest absolute Gasteiger partial charge is 0.481 e. The van der Waals surface area contributed by atoms with Crippen molar-refractivity contribution in [3.63, 3.8) is 0 Å². The molecule has 2 N–H and O–H groups in total. The third-order valence-electron chi connectivity index (χ3n) is 2.95. The summed E-state index contributed by atoms with van der Waals surface area (Å²) in [4.78, 5) is 27.0. The maximum atomic E-state index is 12.0. The van der Waals surface area contributed by atoms with Crippen LogP contribution in [0.4, 0.5) is 0 Å². The number of hydrogen-bond donors (Lipinski definition) is 2. The van der Waals surface area contributed by atoms with Crippen molar-refractivity contribution in [3.05, 3.63) is 28.5 Å². The van der Waals surface area contributed by atoms with Gasteiger partial charge in [0, 0.05) is 11.9 Å². The van der Waals surface area contributed by atoms with Gasteiger partial charge in [-0.25, -0.2) is 0 Å². The predicted octanol–water partition coefficient (Wildman–Crippen LogP) is 0.873. The van der Waals surface area contributed by atoms with Crippen molar-refractivity contribution in [2.45, 2.75) is 13.0 Å². The van der Waals surface area contributed by atoms with Crippen LogP contribution in [-0.2, 0) is 9.53 Å². The Morgan fingerprint density at radius 3 is 2.89 bits per heavy atom. The lowest BCUT2D eigenvalue weighted by Crippen LogP contribution is -2.42. The van der Waals surface area contributed by atoms with Gasteiger partial charge in [-0.3, -0.25) is 14.6 Å². The van der Waals surface area contributed by atoms with Crippen molar-refractivity contribution in [1.82, 2.24) is 10.3 Å². The first-order valence-corrected chi connectivity index (χ1v) is 6.10. The van der Waals surface area contributed by atoms with Gasteiger partial charge in [0.05, 0.1) is 29.8 Å². The minimum absolute atomic E-state index is 0.0974. The Balaban J connectivity index is 2.10. The number of aromatic nitrogens is 1. The number of nitrogens with zero attached hydrogens (tertiary/aromatic N) is 1. The quantitative estimate of drug-likeness (QED) is 0.860. The molecule has 1 fully saturated rings. The molecule has 2 unspecified atom stereocenters. The normalized spacial score (nSPS) is 22.2. The molecule has 1 aliphatic rings. The van der Waals surface area contributed by atoms with E-state index in [1.165, 1.54) is 6.20 Å². The number of nitrogens with one attached hydrogen (secondary N) is 1. The summed E-state index contributed by atoms with van der Waals surface area (Å²) in [5.41, 5.74) is 0.928. The Morgan fingerprint density at radius 1 is 1.53 bits per heavy atom. The Labute approximate surface area is 114 Å². The molecule has 0 aliphatic carbocycles. The molecule has 0 bridgehead atoms. The van der Waals surface area contributed by atoms with Gasteiger partial charge in [0.15, 0.2) is 0 Å². The summed E-state index contributed by atoms with van der Waals surface area (Å²) < 4.78 is 5.07. The van der Waals surface area contributed by atoms with Gasteiger partial charge < -0.3 is 15.2 Å². The van der Waals surface area contributed by atoms with Crippen molar-refractivity contribution in [2.75, 3.05) is 13.2 Å². The molecule has 2 rings (SSSR count). The lowest BCUT2D eigenvalue weighted by atomic mass is 10.0. The molecule has 2 heterocycles. The number of aliphatic carboxylic acids is 1. The molecule has 102 valence electrons. The summed E-state index contributed by atoms with van der Waals surface area (Å²) in [6.45, 7) is 2.04. The zero-order valence-electron chi connectivity index (χ0n) is 10.2. The van der Waals surface area contributed by atoms with Gasteiger partial charge in [0.2, 0.25) is 0 Å². The fraction of sp³-hybridized carbons (Fsp3) is 0.417. The molecule has 1 saturated heterocycles. The van der Waals surface area contributed by atoms with Gasteiger partial charge in [-0.15, -0.1) is 0 Å². The van der Waals surface area contributed by atoms with Gasteiger partial charge in [0.25, 0.3) is 5.91 Å².